The van der Waals surface area contributed by atoms with Gasteiger partial charge in [0.2, 0.25) is 0 Å². The van der Waals surface area contributed by atoms with Gasteiger partial charge in [-0.1, -0.05) is 101 Å². The van der Waals surface area contributed by atoms with Gasteiger partial charge in [0.15, 0.2) is 0 Å². The van der Waals surface area contributed by atoms with Crippen molar-refractivity contribution >= 4 is 26.8 Å². The van der Waals surface area contributed by atoms with Crippen LogP contribution in [-0.2, 0) is 4.43 Å². The molecule has 0 amide bonds. The standard InChI is InChI=1S/C26H38O2Si2/c1-26(2,3)30(24-17-9-7-10-18-24,25-19-11-8-12-20-25)28-21-13-15-23(27)16-14-22-29(4,5)6/h7-12,17-20,23,27H,13,15-16,21H2,1-6H3/t23-/m0/s1. The first-order chi connectivity index (χ1) is 14.1. The Kier molecular flexibility index (Phi) is 8.69. The topological polar surface area (TPSA) is 29.5 Å². The summed E-state index contributed by atoms with van der Waals surface area (Å²) in [6, 6.07) is 21.4. The molecule has 0 saturated carbocycles. The summed E-state index contributed by atoms with van der Waals surface area (Å²) >= 11 is 0. The van der Waals surface area contributed by atoms with Gasteiger partial charge in [-0.25, -0.2) is 0 Å². The molecule has 2 aromatic carbocycles. The third-order valence-corrected chi connectivity index (χ3v) is 11.2. The SMILES string of the molecule is CC(C)(C)[Si](OCCC[C@H](O)CC#C[Si](C)(C)C)(c1ccccc1)c1ccccc1. The van der Waals surface area contributed by atoms with Crippen LogP contribution < -0.4 is 10.4 Å². The van der Waals surface area contributed by atoms with Crippen molar-refractivity contribution in [2.24, 2.45) is 0 Å². The zero-order valence-corrected chi connectivity index (χ0v) is 21.5. The van der Waals surface area contributed by atoms with Crippen molar-refractivity contribution in [3.05, 3.63) is 60.7 Å². The lowest BCUT2D eigenvalue weighted by Gasteiger charge is -2.43. The van der Waals surface area contributed by atoms with E-state index in [1.54, 1.807) is 0 Å². The summed E-state index contributed by atoms with van der Waals surface area (Å²) < 4.78 is 6.87. The molecular formula is C26H38O2Si2. The molecule has 162 valence electrons. The van der Waals surface area contributed by atoms with Gasteiger partial charge in [-0.15, -0.1) is 11.5 Å². The van der Waals surface area contributed by atoms with Gasteiger partial charge in [-0.2, -0.15) is 0 Å². The molecule has 0 spiro atoms. The van der Waals surface area contributed by atoms with Gasteiger partial charge < -0.3 is 9.53 Å². The molecule has 1 N–H and O–H groups in total. The predicted molar refractivity (Wildman–Crippen MR) is 135 cm³/mol. The summed E-state index contributed by atoms with van der Waals surface area (Å²) in [4.78, 5) is 0. The van der Waals surface area contributed by atoms with Crippen molar-refractivity contribution in [1.82, 2.24) is 0 Å². The Morgan fingerprint density at radius 2 is 1.40 bits per heavy atom. The molecule has 2 aromatic rings. The first-order valence-electron chi connectivity index (χ1n) is 11.0. The fourth-order valence-electron chi connectivity index (χ4n) is 3.84. The first-order valence-corrected chi connectivity index (χ1v) is 16.4. The molecule has 0 saturated heterocycles. The van der Waals surface area contributed by atoms with Crippen LogP contribution in [-0.4, -0.2) is 34.2 Å². The highest BCUT2D eigenvalue weighted by atomic mass is 28.4. The van der Waals surface area contributed by atoms with E-state index in [0.29, 0.717) is 13.0 Å². The molecule has 2 nitrogen and oxygen atoms in total. The molecule has 0 aliphatic rings. The summed E-state index contributed by atoms with van der Waals surface area (Å²) in [5, 5.41) is 12.9. The maximum absolute atomic E-state index is 10.3. The molecule has 0 aliphatic heterocycles. The number of rotatable bonds is 8. The van der Waals surface area contributed by atoms with E-state index in [9.17, 15) is 5.11 Å². The van der Waals surface area contributed by atoms with Crippen LogP contribution in [0.25, 0.3) is 0 Å². The minimum absolute atomic E-state index is 0.0167. The fourth-order valence-corrected chi connectivity index (χ4v) is 9.08. The summed E-state index contributed by atoms with van der Waals surface area (Å²) in [5.41, 5.74) is 3.33. The molecule has 0 unspecified atom stereocenters. The molecule has 30 heavy (non-hydrogen) atoms. The Morgan fingerprint density at radius 3 is 1.83 bits per heavy atom. The number of benzene rings is 2. The van der Waals surface area contributed by atoms with Crippen LogP contribution in [0.5, 0.6) is 0 Å². The maximum Gasteiger partial charge on any atom is 0.261 e. The molecule has 0 bridgehead atoms. The number of hydrogen-bond acceptors (Lipinski definition) is 2. The molecule has 4 heteroatoms. The number of aliphatic hydroxyl groups is 1. The third-order valence-electron chi connectivity index (χ3n) is 5.22. The highest BCUT2D eigenvalue weighted by molar-refractivity contribution is 6.99. The second-order valence-corrected chi connectivity index (χ2v) is 19.1. The van der Waals surface area contributed by atoms with Gasteiger partial charge in [0, 0.05) is 13.0 Å². The van der Waals surface area contributed by atoms with Crippen LogP contribution in [0, 0.1) is 11.5 Å². The van der Waals surface area contributed by atoms with Crippen molar-refractivity contribution in [2.45, 2.75) is 70.8 Å². The largest absolute Gasteiger partial charge is 0.407 e. The van der Waals surface area contributed by atoms with E-state index in [2.05, 4.69) is 113 Å². The van der Waals surface area contributed by atoms with Crippen LogP contribution in [0.1, 0.15) is 40.0 Å². The van der Waals surface area contributed by atoms with Gasteiger partial charge in [0.1, 0.15) is 8.07 Å². The molecule has 1 atom stereocenters. The molecule has 2 rings (SSSR count). The summed E-state index contributed by atoms with van der Waals surface area (Å²) in [6.45, 7) is 14.2. The fraction of sp³-hybridized carbons (Fsp3) is 0.462. The maximum atomic E-state index is 10.3. The van der Waals surface area contributed by atoms with Gasteiger partial charge >= 0.3 is 0 Å². The lowest BCUT2D eigenvalue weighted by Crippen LogP contribution is -2.66. The third kappa shape index (κ3) is 6.68. The van der Waals surface area contributed by atoms with Gasteiger partial charge in [0.25, 0.3) is 8.32 Å². The highest BCUT2D eigenvalue weighted by Gasteiger charge is 2.49. The Morgan fingerprint density at radius 1 is 0.900 bits per heavy atom. The minimum Gasteiger partial charge on any atom is -0.407 e. The van der Waals surface area contributed by atoms with E-state index in [1.807, 2.05) is 0 Å². The van der Waals surface area contributed by atoms with Crippen molar-refractivity contribution in [2.75, 3.05) is 6.61 Å². The quantitative estimate of drug-likeness (QED) is 0.358. The second-order valence-electron chi connectivity index (χ2n) is 10.1. The van der Waals surface area contributed by atoms with Crippen LogP contribution in [0.2, 0.25) is 24.7 Å². The average Bonchev–Trinajstić information content (AvgIpc) is 2.67. The lowest BCUT2D eigenvalue weighted by atomic mass is 10.1. The first kappa shape index (κ1) is 24.6. The molecule has 0 radical (unpaired) electrons. The molecule has 0 aromatic heterocycles. The zero-order chi connectivity index (χ0) is 22.3. The monoisotopic (exact) mass is 438 g/mol. The van der Waals surface area contributed by atoms with Crippen molar-refractivity contribution in [1.29, 1.82) is 0 Å². The van der Waals surface area contributed by atoms with Gasteiger partial charge in [-0.05, 0) is 28.3 Å². The van der Waals surface area contributed by atoms with Crippen molar-refractivity contribution in [3.63, 3.8) is 0 Å². The van der Waals surface area contributed by atoms with E-state index in [4.69, 9.17) is 4.43 Å². The van der Waals surface area contributed by atoms with Crippen LogP contribution in [0.4, 0.5) is 0 Å². The number of aliphatic hydroxyl groups excluding tert-OH is 1. The molecule has 0 fully saturated rings. The molecular weight excluding hydrogens is 400 g/mol. The Bertz CT molecular complexity index is 785. The Labute approximate surface area is 185 Å². The van der Waals surface area contributed by atoms with E-state index >= 15 is 0 Å². The molecule has 0 heterocycles. The van der Waals surface area contributed by atoms with Crippen molar-refractivity contribution < 1.29 is 9.53 Å². The smallest absolute Gasteiger partial charge is 0.261 e. The van der Waals surface area contributed by atoms with Crippen LogP contribution >= 0.6 is 0 Å². The van der Waals surface area contributed by atoms with Crippen molar-refractivity contribution in [3.8, 4) is 11.5 Å². The average molecular weight is 439 g/mol. The van der Waals surface area contributed by atoms with E-state index in [-0.39, 0.29) is 11.1 Å². The van der Waals surface area contributed by atoms with Crippen LogP contribution in [0.15, 0.2) is 60.7 Å². The minimum atomic E-state index is -2.48. The summed E-state index contributed by atoms with van der Waals surface area (Å²) in [6.07, 6.45) is 1.74. The highest BCUT2D eigenvalue weighted by Crippen LogP contribution is 2.36. The van der Waals surface area contributed by atoms with E-state index in [1.165, 1.54) is 10.4 Å². The number of hydrogen-bond donors (Lipinski definition) is 1. The normalized spacial score (nSPS) is 13.4. The zero-order valence-electron chi connectivity index (χ0n) is 19.5. The Balaban J connectivity index is 2.16. The predicted octanol–water partition coefficient (Wildman–Crippen LogP) is 4.98. The Hall–Kier alpha value is -1.65. The van der Waals surface area contributed by atoms with Gasteiger partial charge in [-0.3, -0.25) is 0 Å². The molecule has 0 aliphatic carbocycles. The van der Waals surface area contributed by atoms with E-state index < -0.39 is 16.4 Å². The summed E-state index contributed by atoms with van der Waals surface area (Å²) in [5.74, 6) is 3.19. The van der Waals surface area contributed by atoms with Crippen LogP contribution in [0.3, 0.4) is 0 Å². The van der Waals surface area contributed by atoms with Gasteiger partial charge in [0.05, 0.1) is 6.10 Å². The lowest BCUT2D eigenvalue weighted by molar-refractivity contribution is 0.156. The van der Waals surface area contributed by atoms with E-state index in [0.717, 1.165) is 12.8 Å². The second kappa shape index (κ2) is 10.6. The summed E-state index contributed by atoms with van der Waals surface area (Å²) in [7, 11) is -3.85.